The Balaban J connectivity index is 1.26. The number of esters is 1. The zero-order valence-electron chi connectivity index (χ0n) is 31.2. The number of fused-ring (bicyclic) bond motifs is 1. The fraction of sp³-hybridized carbons (Fsp3) is 0.474. The van der Waals surface area contributed by atoms with Crippen LogP contribution in [0.15, 0.2) is 67.3 Å². The van der Waals surface area contributed by atoms with E-state index in [1.807, 2.05) is 30.3 Å². The van der Waals surface area contributed by atoms with Gasteiger partial charge in [-0.25, -0.2) is 24.8 Å². The van der Waals surface area contributed by atoms with Gasteiger partial charge in [0.1, 0.15) is 36.6 Å². The molecule has 1 fully saturated rings. The minimum Gasteiger partial charge on any atom is -0.462 e. The molecule has 0 bridgehead atoms. The Hall–Kier alpha value is -4.85. The van der Waals surface area contributed by atoms with Crippen LogP contribution in [0.2, 0.25) is 0 Å². The Labute approximate surface area is 315 Å². The third-order valence-electron chi connectivity index (χ3n) is 8.98. The highest BCUT2D eigenvalue weighted by Crippen LogP contribution is 2.44. The molecule has 16 heteroatoms. The lowest BCUT2D eigenvalue weighted by molar-refractivity contribution is -0.149. The minimum atomic E-state index is -3.89. The Morgan fingerprint density at radius 2 is 1.69 bits per heavy atom. The van der Waals surface area contributed by atoms with Gasteiger partial charge >= 0.3 is 19.6 Å². The third-order valence-corrected chi connectivity index (χ3v) is 10.8. The van der Waals surface area contributed by atoms with Crippen LogP contribution in [0, 0.1) is 5.92 Å². The second-order valence-electron chi connectivity index (χ2n) is 14.0. The number of amides is 1. The molecule has 0 saturated heterocycles. The number of rotatable bonds is 19. The van der Waals surface area contributed by atoms with Crippen LogP contribution in [-0.2, 0) is 47.9 Å². The van der Waals surface area contributed by atoms with Crippen molar-refractivity contribution in [1.29, 1.82) is 0 Å². The topological polar surface area (TPSA) is 199 Å². The minimum absolute atomic E-state index is 0.0549. The number of imidazole rings is 1. The average Bonchev–Trinajstić information content (AvgIpc) is 3.81. The summed E-state index contributed by atoms with van der Waals surface area (Å²) >= 11 is 0. The van der Waals surface area contributed by atoms with Gasteiger partial charge in [-0.15, -0.1) is 0 Å². The van der Waals surface area contributed by atoms with Gasteiger partial charge in [0.15, 0.2) is 17.2 Å². The molecule has 290 valence electrons. The van der Waals surface area contributed by atoms with Crippen molar-refractivity contribution in [3.05, 3.63) is 78.4 Å². The number of hydrogen-bond acceptors (Lipinski definition) is 12. The van der Waals surface area contributed by atoms with E-state index >= 15 is 0 Å². The molecule has 2 aromatic carbocycles. The molecule has 0 radical (unpaired) electrons. The monoisotopic (exact) mass is 763 g/mol. The van der Waals surface area contributed by atoms with Crippen molar-refractivity contribution in [2.45, 2.75) is 104 Å². The molecule has 1 aliphatic carbocycles. The van der Waals surface area contributed by atoms with Crippen molar-refractivity contribution in [3.8, 4) is 5.75 Å². The first-order chi connectivity index (χ1) is 25.9. The zero-order chi connectivity index (χ0) is 38.7. The lowest BCUT2D eigenvalue weighted by Crippen LogP contribution is -2.43. The first-order valence-electron chi connectivity index (χ1n) is 18.3. The van der Waals surface area contributed by atoms with E-state index < -0.39 is 37.8 Å². The summed E-state index contributed by atoms with van der Waals surface area (Å²) in [6, 6.07) is 14.3. The van der Waals surface area contributed by atoms with Crippen LogP contribution in [0.5, 0.6) is 5.75 Å². The van der Waals surface area contributed by atoms with Gasteiger partial charge in [-0.1, -0.05) is 68.1 Å². The van der Waals surface area contributed by atoms with E-state index in [2.05, 4.69) is 25.4 Å². The highest BCUT2D eigenvalue weighted by Gasteiger charge is 2.32. The quantitative estimate of drug-likeness (QED) is 0.0748. The molecule has 4 atom stereocenters. The fourth-order valence-corrected chi connectivity index (χ4v) is 8.03. The second-order valence-corrected chi connectivity index (χ2v) is 16.0. The number of nitrogens with zero attached hydrogens (tertiary/aromatic N) is 4. The number of hydrogen-bond donors (Lipinski definition) is 3. The predicted molar refractivity (Wildman–Crippen MR) is 202 cm³/mol. The standard InChI is InChI=1S/C38H50N7O8P/c1-25(2)52-37(47)27(4)44-54(49,24-51-26(3)20-45-23-42-34-35(39)40-22-41-36(34)45)53-31-16-14-29(15-17-31)18-32(33(46)19-28-10-8-9-11-28)43-38(48)50-21-30-12-6-5-7-13-30/h5-7,12-17,22-23,25-28,32H,8-11,18-21,24H2,1-4H3,(H,43,48)(H,44,49)(H2,39,40,41)/t26-,27+,32+,54+/m1/s1. The number of nitrogen functional groups attached to an aromatic ring is 1. The Bertz CT molecular complexity index is 1900. The van der Waals surface area contributed by atoms with Gasteiger partial charge in [0, 0.05) is 6.42 Å². The maximum atomic E-state index is 14.3. The van der Waals surface area contributed by atoms with E-state index in [9.17, 15) is 18.9 Å². The number of carbonyl (C=O) groups is 3. The number of nitrogens with one attached hydrogen (secondary N) is 2. The number of benzene rings is 2. The molecule has 5 rings (SSSR count). The number of aromatic nitrogens is 4. The Kier molecular flexibility index (Phi) is 14.2. The van der Waals surface area contributed by atoms with Gasteiger partial charge in [0.05, 0.1) is 31.1 Å². The van der Waals surface area contributed by atoms with Gasteiger partial charge in [0.2, 0.25) is 0 Å². The summed E-state index contributed by atoms with van der Waals surface area (Å²) in [4.78, 5) is 51.5. The highest BCUT2D eigenvalue weighted by molar-refractivity contribution is 7.57. The van der Waals surface area contributed by atoms with Gasteiger partial charge < -0.3 is 34.4 Å². The van der Waals surface area contributed by atoms with E-state index in [0.717, 1.165) is 36.8 Å². The normalized spacial score (nSPS) is 16.0. The van der Waals surface area contributed by atoms with E-state index in [-0.39, 0.29) is 42.8 Å². The van der Waals surface area contributed by atoms with Gasteiger partial charge in [-0.3, -0.25) is 14.2 Å². The molecular weight excluding hydrogens is 713 g/mol. The van der Waals surface area contributed by atoms with Crippen LogP contribution < -0.4 is 20.7 Å². The molecule has 0 unspecified atom stereocenters. The highest BCUT2D eigenvalue weighted by atomic mass is 31.2. The number of carbonyl (C=O) groups excluding carboxylic acids is 3. The number of nitrogens with two attached hydrogens (primary N) is 1. The van der Waals surface area contributed by atoms with Crippen molar-refractivity contribution in [1.82, 2.24) is 29.9 Å². The van der Waals surface area contributed by atoms with E-state index in [0.29, 0.717) is 30.0 Å². The van der Waals surface area contributed by atoms with Crippen LogP contribution >= 0.6 is 7.52 Å². The molecule has 2 heterocycles. The van der Waals surface area contributed by atoms with Crippen molar-refractivity contribution in [2.75, 3.05) is 12.1 Å². The van der Waals surface area contributed by atoms with E-state index in [1.54, 1.807) is 55.9 Å². The smallest absolute Gasteiger partial charge is 0.408 e. The second kappa shape index (κ2) is 19.0. The molecule has 0 spiro atoms. The van der Waals surface area contributed by atoms with Gasteiger partial charge in [-0.2, -0.15) is 0 Å². The van der Waals surface area contributed by atoms with Crippen molar-refractivity contribution >= 4 is 42.3 Å². The molecule has 54 heavy (non-hydrogen) atoms. The molecular formula is C38H50N7O8P. The summed E-state index contributed by atoms with van der Waals surface area (Å²) in [6.45, 7) is 7.17. The first-order valence-corrected chi connectivity index (χ1v) is 20.1. The maximum Gasteiger partial charge on any atom is 0.408 e. The Morgan fingerprint density at radius 3 is 2.39 bits per heavy atom. The van der Waals surface area contributed by atoms with Crippen LogP contribution in [0.4, 0.5) is 10.6 Å². The zero-order valence-corrected chi connectivity index (χ0v) is 32.1. The fourth-order valence-electron chi connectivity index (χ4n) is 6.25. The van der Waals surface area contributed by atoms with Crippen molar-refractivity contribution < 1.29 is 37.7 Å². The van der Waals surface area contributed by atoms with Gasteiger partial charge in [-0.05, 0) is 63.3 Å². The lowest BCUT2D eigenvalue weighted by Gasteiger charge is -2.25. The molecule has 15 nitrogen and oxygen atoms in total. The average molecular weight is 764 g/mol. The first kappa shape index (κ1) is 40.3. The van der Waals surface area contributed by atoms with Gasteiger partial charge in [0.25, 0.3) is 0 Å². The third kappa shape index (κ3) is 11.8. The van der Waals surface area contributed by atoms with Crippen LogP contribution in [0.3, 0.4) is 0 Å². The molecule has 0 aliphatic heterocycles. The van der Waals surface area contributed by atoms with E-state index in [4.69, 9.17) is 24.5 Å². The number of ketones is 1. The molecule has 2 aromatic heterocycles. The number of ether oxygens (including phenoxy) is 3. The number of alkyl carbamates (subject to hydrolysis) is 1. The summed E-state index contributed by atoms with van der Waals surface area (Å²) < 4.78 is 38.9. The molecule has 1 aliphatic rings. The van der Waals surface area contributed by atoms with Crippen LogP contribution in [0.25, 0.3) is 11.2 Å². The number of Topliss-reactive ketones (excluding diaryl/α,β-unsaturated/α-hetero) is 1. The maximum absolute atomic E-state index is 14.3. The molecule has 4 aromatic rings. The summed E-state index contributed by atoms with van der Waals surface area (Å²) in [7, 11) is -3.89. The van der Waals surface area contributed by atoms with Crippen LogP contribution in [0.1, 0.15) is 70.9 Å². The lowest BCUT2D eigenvalue weighted by atomic mass is 9.94. The Morgan fingerprint density at radius 1 is 0.963 bits per heavy atom. The van der Waals surface area contributed by atoms with Crippen LogP contribution in [-0.4, -0.2) is 68.0 Å². The van der Waals surface area contributed by atoms with Crippen molar-refractivity contribution in [2.24, 2.45) is 5.92 Å². The van der Waals surface area contributed by atoms with Crippen molar-refractivity contribution in [3.63, 3.8) is 0 Å². The predicted octanol–water partition coefficient (Wildman–Crippen LogP) is 5.96. The molecule has 1 saturated carbocycles. The van der Waals surface area contributed by atoms with E-state index in [1.165, 1.54) is 13.3 Å². The molecule has 1 amide bonds. The summed E-state index contributed by atoms with van der Waals surface area (Å²) in [6.07, 6.45) is 5.82. The number of anilines is 1. The summed E-state index contributed by atoms with van der Waals surface area (Å²) in [5.41, 5.74) is 8.49. The summed E-state index contributed by atoms with van der Waals surface area (Å²) in [5, 5.41) is 5.60. The molecule has 4 N–H and O–H groups in total. The summed E-state index contributed by atoms with van der Waals surface area (Å²) in [5.74, 6) is 0.151. The largest absolute Gasteiger partial charge is 0.462 e. The SMILES string of the molecule is CC(C)OC(=O)[C@H](C)N[P@](=O)(CO[C@H](C)Cn1cnc2c(N)ncnc21)Oc1ccc(C[C@H](NC(=O)OCc2ccccc2)C(=O)CC2CCCC2)cc1.